The van der Waals surface area contributed by atoms with Gasteiger partial charge in [0, 0.05) is 23.4 Å². The van der Waals surface area contributed by atoms with Gasteiger partial charge >= 0.3 is 0 Å². The molecule has 0 saturated carbocycles. The molecule has 0 spiro atoms. The molecule has 0 aliphatic heterocycles. The fourth-order valence-corrected chi connectivity index (χ4v) is 3.15. The molecule has 0 saturated heterocycles. The molecule has 2 nitrogen and oxygen atoms in total. The first kappa shape index (κ1) is 18.4. The van der Waals surface area contributed by atoms with Crippen LogP contribution in [0.25, 0.3) is 0 Å². The van der Waals surface area contributed by atoms with Crippen molar-refractivity contribution >= 4 is 11.8 Å². The third kappa shape index (κ3) is 7.77. The number of benzene rings is 1. The number of rotatable bonds is 8. The molecule has 1 aromatic carbocycles. The van der Waals surface area contributed by atoms with Gasteiger partial charge in [-0.15, -0.1) is 0 Å². The minimum absolute atomic E-state index is 0.145. The van der Waals surface area contributed by atoms with E-state index in [0.29, 0.717) is 0 Å². The predicted octanol–water partition coefficient (Wildman–Crippen LogP) is 4.86. The van der Waals surface area contributed by atoms with Crippen LogP contribution in [0.15, 0.2) is 18.2 Å². The van der Waals surface area contributed by atoms with Gasteiger partial charge in [0.2, 0.25) is 0 Å². The second-order valence-corrected chi connectivity index (χ2v) is 8.09. The quantitative estimate of drug-likeness (QED) is 0.693. The maximum atomic E-state index is 5.49. The van der Waals surface area contributed by atoms with Crippen LogP contribution in [0.5, 0.6) is 5.75 Å². The predicted molar refractivity (Wildman–Crippen MR) is 95.2 cm³/mol. The van der Waals surface area contributed by atoms with Crippen molar-refractivity contribution in [2.45, 2.75) is 58.9 Å². The summed E-state index contributed by atoms with van der Waals surface area (Å²) < 4.78 is 5.49. The summed E-state index contributed by atoms with van der Waals surface area (Å²) in [4.78, 5) is 0. The van der Waals surface area contributed by atoms with E-state index in [0.717, 1.165) is 24.0 Å². The van der Waals surface area contributed by atoms with Crippen LogP contribution in [0.1, 0.15) is 52.2 Å². The zero-order valence-electron chi connectivity index (χ0n) is 14.5. The second kappa shape index (κ2) is 8.70. The fourth-order valence-electron chi connectivity index (χ4n) is 1.92. The van der Waals surface area contributed by atoms with Crippen LogP contribution in [0.3, 0.4) is 0 Å². The van der Waals surface area contributed by atoms with Crippen molar-refractivity contribution < 1.29 is 4.74 Å². The first-order valence-corrected chi connectivity index (χ1v) is 8.96. The van der Waals surface area contributed by atoms with Crippen molar-refractivity contribution in [3.8, 4) is 5.75 Å². The lowest BCUT2D eigenvalue weighted by molar-refractivity contribution is 0.409. The molecule has 1 aromatic rings. The highest BCUT2D eigenvalue weighted by molar-refractivity contribution is 7.98. The Morgan fingerprint density at radius 1 is 1.24 bits per heavy atom. The molecule has 0 amide bonds. The monoisotopic (exact) mass is 309 g/mol. The molecular formula is C18H31NOS. The molecule has 0 unspecified atom stereocenters. The highest BCUT2D eigenvalue weighted by Crippen LogP contribution is 2.25. The maximum Gasteiger partial charge on any atom is 0.122 e. The average molecular weight is 310 g/mol. The first-order chi connectivity index (χ1) is 9.81. The first-order valence-electron chi connectivity index (χ1n) is 7.80. The van der Waals surface area contributed by atoms with Crippen molar-refractivity contribution in [3.63, 3.8) is 0 Å². The van der Waals surface area contributed by atoms with E-state index in [-0.39, 0.29) is 5.54 Å². The number of methoxy groups -OCH3 is 1. The summed E-state index contributed by atoms with van der Waals surface area (Å²) in [6.07, 6.45) is 1.28. The van der Waals surface area contributed by atoms with Crippen LogP contribution in [-0.4, -0.2) is 18.4 Å². The summed E-state index contributed by atoms with van der Waals surface area (Å²) in [7, 11) is 1.75. The highest BCUT2D eigenvalue weighted by Gasteiger charge is 2.10. The zero-order chi connectivity index (χ0) is 15.9. The Bertz CT molecular complexity index is 424. The van der Waals surface area contributed by atoms with Crippen LogP contribution in [0.4, 0.5) is 0 Å². The molecule has 1 rings (SSSR count). The molecule has 0 aromatic heterocycles. The van der Waals surface area contributed by atoms with Crippen LogP contribution >= 0.6 is 11.8 Å². The smallest absolute Gasteiger partial charge is 0.122 e. The van der Waals surface area contributed by atoms with E-state index < -0.39 is 0 Å². The van der Waals surface area contributed by atoms with E-state index in [9.17, 15) is 0 Å². The van der Waals surface area contributed by atoms with Gasteiger partial charge in [0.15, 0.2) is 0 Å². The van der Waals surface area contributed by atoms with E-state index in [1.807, 2.05) is 11.8 Å². The number of nitrogens with one attached hydrogen (secondary N) is 1. The topological polar surface area (TPSA) is 21.3 Å². The van der Waals surface area contributed by atoms with Gasteiger partial charge in [-0.3, -0.25) is 0 Å². The minimum atomic E-state index is 0.145. The Kier molecular flexibility index (Phi) is 7.61. The van der Waals surface area contributed by atoms with Gasteiger partial charge in [0.1, 0.15) is 5.75 Å². The molecule has 0 radical (unpaired) electrons. The molecule has 0 aliphatic rings. The normalized spacial score (nSPS) is 12.0. The summed E-state index contributed by atoms with van der Waals surface area (Å²) in [5.41, 5.74) is 2.77. The van der Waals surface area contributed by atoms with Crippen molar-refractivity contribution in [3.05, 3.63) is 29.3 Å². The third-order valence-electron chi connectivity index (χ3n) is 3.26. The van der Waals surface area contributed by atoms with Gasteiger partial charge in [-0.25, -0.2) is 0 Å². The summed E-state index contributed by atoms with van der Waals surface area (Å²) in [5, 5.41) is 3.54. The molecular weight excluding hydrogens is 278 g/mol. The number of ether oxygens (including phenoxy) is 1. The standard InChI is InChI=1S/C18H31NOS/c1-14(2)9-10-21-13-16-11-15(7-8-17(16)20-6)12-19-18(3,4)5/h7-8,11,14,19H,9-10,12-13H2,1-6H3. The van der Waals surface area contributed by atoms with Gasteiger partial charge in [0.25, 0.3) is 0 Å². The Hall–Kier alpha value is -0.670. The summed E-state index contributed by atoms with van der Waals surface area (Å²) in [6, 6.07) is 6.53. The van der Waals surface area contributed by atoms with Crippen molar-refractivity contribution in [2.24, 2.45) is 5.92 Å². The van der Waals surface area contributed by atoms with Crippen LogP contribution in [-0.2, 0) is 12.3 Å². The SMILES string of the molecule is COc1ccc(CNC(C)(C)C)cc1CSCCC(C)C. The van der Waals surface area contributed by atoms with E-state index in [2.05, 4.69) is 58.1 Å². The summed E-state index contributed by atoms with van der Waals surface area (Å²) in [6.45, 7) is 12.0. The van der Waals surface area contributed by atoms with Gasteiger partial charge < -0.3 is 10.1 Å². The van der Waals surface area contributed by atoms with Crippen molar-refractivity contribution in [1.29, 1.82) is 0 Å². The number of hydrogen-bond acceptors (Lipinski definition) is 3. The van der Waals surface area contributed by atoms with E-state index in [1.54, 1.807) is 7.11 Å². The second-order valence-electron chi connectivity index (χ2n) is 6.98. The van der Waals surface area contributed by atoms with Crippen LogP contribution in [0, 0.1) is 5.92 Å². The average Bonchev–Trinajstić information content (AvgIpc) is 2.40. The number of hydrogen-bond donors (Lipinski definition) is 1. The largest absolute Gasteiger partial charge is 0.496 e. The Balaban J connectivity index is 2.62. The van der Waals surface area contributed by atoms with E-state index in [4.69, 9.17) is 4.74 Å². The fraction of sp³-hybridized carbons (Fsp3) is 0.667. The lowest BCUT2D eigenvalue weighted by Gasteiger charge is -2.21. The molecule has 3 heteroatoms. The van der Waals surface area contributed by atoms with Gasteiger partial charge in [-0.05, 0) is 56.6 Å². The molecule has 0 fully saturated rings. The van der Waals surface area contributed by atoms with Gasteiger partial charge in [-0.2, -0.15) is 11.8 Å². The lowest BCUT2D eigenvalue weighted by atomic mass is 10.1. The molecule has 0 bridgehead atoms. The lowest BCUT2D eigenvalue weighted by Crippen LogP contribution is -2.35. The highest BCUT2D eigenvalue weighted by atomic mass is 32.2. The molecule has 1 N–H and O–H groups in total. The maximum absolute atomic E-state index is 5.49. The van der Waals surface area contributed by atoms with Gasteiger partial charge in [-0.1, -0.05) is 19.9 Å². The molecule has 0 aliphatic carbocycles. The Labute approximate surface area is 135 Å². The van der Waals surface area contributed by atoms with Crippen molar-refractivity contribution in [2.75, 3.05) is 12.9 Å². The zero-order valence-corrected chi connectivity index (χ0v) is 15.3. The summed E-state index contributed by atoms with van der Waals surface area (Å²) in [5.74, 6) is 4.03. The van der Waals surface area contributed by atoms with Crippen LogP contribution in [0.2, 0.25) is 0 Å². The number of thioether (sulfide) groups is 1. The molecule has 21 heavy (non-hydrogen) atoms. The minimum Gasteiger partial charge on any atom is -0.496 e. The Morgan fingerprint density at radius 3 is 2.52 bits per heavy atom. The van der Waals surface area contributed by atoms with Gasteiger partial charge in [0.05, 0.1) is 7.11 Å². The third-order valence-corrected chi connectivity index (χ3v) is 4.30. The molecule has 0 heterocycles. The Morgan fingerprint density at radius 2 is 1.95 bits per heavy atom. The summed E-state index contributed by atoms with van der Waals surface area (Å²) >= 11 is 2.00. The van der Waals surface area contributed by atoms with Crippen LogP contribution < -0.4 is 10.1 Å². The van der Waals surface area contributed by atoms with Crippen molar-refractivity contribution in [1.82, 2.24) is 5.32 Å². The van der Waals surface area contributed by atoms with E-state index in [1.165, 1.54) is 23.3 Å². The molecule has 120 valence electrons. The molecule has 0 atom stereocenters. The van der Waals surface area contributed by atoms with E-state index >= 15 is 0 Å².